The van der Waals surface area contributed by atoms with Crippen molar-refractivity contribution in [3.8, 4) is 0 Å². The molecule has 108 valence electrons. The number of nitrogen functional groups attached to an aromatic ring is 1. The van der Waals surface area contributed by atoms with Crippen molar-refractivity contribution in [1.82, 2.24) is 9.38 Å². The number of anilines is 1. The van der Waals surface area contributed by atoms with Gasteiger partial charge in [-0.2, -0.15) is 0 Å². The molecule has 2 heterocycles. The fraction of sp³-hybridized carbons (Fsp3) is 0.250. The lowest BCUT2D eigenvalue weighted by Gasteiger charge is -2.07. The van der Waals surface area contributed by atoms with Crippen LogP contribution >= 0.6 is 11.3 Å². The molecule has 0 fully saturated rings. The van der Waals surface area contributed by atoms with Gasteiger partial charge < -0.3 is 5.73 Å². The zero-order chi connectivity index (χ0) is 15.1. The minimum atomic E-state index is -0.0136. The minimum Gasteiger partial charge on any atom is -0.399 e. The second-order valence-electron chi connectivity index (χ2n) is 5.43. The Morgan fingerprint density at radius 1 is 1.29 bits per heavy atom. The van der Waals surface area contributed by atoms with Crippen LogP contribution in [0.2, 0.25) is 0 Å². The Hall–Kier alpha value is -2.14. The van der Waals surface area contributed by atoms with E-state index in [1.807, 2.05) is 11.3 Å². The summed E-state index contributed by atoms with van der Waals surface area (Å²) >= 11 is 1.57. The molecule has 5 heteroatoms. The maximum atomic E-state index is 12.8. The summed E-state index contributed by atoms with van der Waals surface area (Å²) in [4.78, 5) is 18.2. The maximum absolute atomic E-state index is 12.8. The van der Waals surface area contributed by atoms with Crippen molar-refractivity contribution in [2.45, 2.75) is 26.7 Å². The van der Waals surface area contributed by atoms with E-state index in [0.29, 0.717) is 22.9 Å². The highest BCUT2D eigenvalue weighted by Crippen LogP contribution is 2.27. The van der Waals surface area contributed by atoms with E-state index in [-0.39, 0.29) is 5.78 Å². The molecular formula is C16H17N3OS. The molecule has 0 spiro atoms. The summed E-state index contributed by atoms with van der Waals surface area (Å²) in [6, 6.07) is 7.02. The van der Waals surface area contributed by atoms with Gasteiger partial charge in [-0.1, -0.05) is 13.8 Å². The summed E-state index contributed by atoms with van der Waals surface area (Å²) in [5.41, 5.74) is 9.51. The monoisotopic (exact) mass is 299 g/mol. The van der Waals surface area contributed by atoms with Crippen LogP contribution in [0.15, 0.2) is 29.6 Å². The van der Waals surface area contributed by atoms with Gasteiger partial charge in [-0.15, -0.1) is 11.3 Å². The van der Waals surface area contributed by atoms with Crippen molar-refractivity contribution in [3.63, 3.8) is 0 Å². The molecule has 2 N–H and O–H groups in total. The van der Waals surface area contributed by atoms with Crippen LogP contribution in [0.25, 0.3) is 4.96 Å². The first-order valence-electron chi connectivity index (χ1n) is 6.85. The van der Waals surface area contributed by atoms with E-state index in [1.54, 1.807) is 35.6 Å². The number of nitrogens with zero attached hydrogens (tertiary/aromatic N) is 2. The molecule has 3 rings (SSSR count). The first-order chi connectivity index (χ1) is 9.99. The van der Waals surface area contributed by atoms with Crippen LogP contribution in [-0.4, -0.2) is 15.2 Å². The van der Waals surface area contributed by atoms with E-state index >= 15 is 0 Å². The summed E-state index contributed by atoms with van der Waals surface area (Å²) in [6.07, 6.45) is 0. The number of nitrogens with two attached hydrogens (primary N) is 1. The molecule has 0 bridgehead atoms. The highest BCUT2D eigenvalue weighted by molar-refractivity contribution is 7.15. The number of hydrogen-bond acceptors (Lipinski definition) is 4. The van der Waals surface area contributed by atoms with Gasteiger partial charge in [-0.05, 0) is 37.1 Å². The molecule has 0 atom stereocenters. The second-order valence-corrected chi connectivity index (χ2v) is 6.27. The number of imidazole rings is 1. The highest BCUT2D eigenvalue weighted by atomic mass is 32.1. The third kappa shape index (κ3) is 2.23. The molecule has 0 aliphatic rings. The average Bonchev–Trinajstić information content (AvgIpc) is 2.96. The van der Waals surface area contributed by atoms with Crippen LogP contribution in [-0.2, 0) is 0 Å². The van der Waals surface area contributed by atoms with Gasteiger partial charge in [-0.25, -0.2) is 4.98 Å². The summed E-state index contributed by atoms with van der Waals surface area (Å²) < 4.78 is 1.99. The van der Waals surface area contributed by atoms with E-state index in [1.165, 1.54) is 0 Å². The van der Waals surface area contributed by atoms with Crippen molar-refractivity contribution in [3.05, 3.63) is 52.3 Å². The van der Waals surface area contributed by atoms with Crippen LogP contribution in [0, 0.1) is 6.92 Å². The standard InChI is InChI=1S/C16H17N3OS/c1-9(2)13-8-21-16-18-10(3)14(19(13)16)15(20)11-4-6-12(17)7-5-11/h4-9H,17H2,1-3H3. The number of aromatic nitrogens is 2. The molecule has 4 nitrogen and oxygen atoms in total. The van der Waals surface area contributed by atoms with Crippen LogP contribution in [0.1, 0.15) is 47.2 Å². The number of aryl methyl sites for hydroxylation is 1. The summed E-state index contributed by atoms with van der Waals surface area (Å²) in [5, 5.41) is 2.08. The van der Waals surface area contributed by atoms with Crippen molar-refractivity contribution in [1.29, 1.82) is 0 Å². The lowest BCUT2D eigenvalue weighted by molar-refractivity contribution is 0.103. The normalized spacial score (nSPS) is 11.4. The smallest absolute Gasteiger partial charge is 0.211 e. The van der Waals surface area contributed by atoms with Crippen molar-refractivity contribution < 1.29 is 4.79 Å². The van der Waals surface area contributed by atoms with Crippen molar-refractivity contribution in [2.24, 2.45) is 0 Å². The summed E-state index contributed by atoms with van der Waals surface area (Å²) in [5.74, 6) is 0.325. The number of rotatable bonds is 3. The Morgan fingerprint density at radius 3 is 2.57 bits per heavy atom. The van der Waals surface area contributed by atoms with Crippen molar-refractivity contribution in [2.75, 3.05) is 5.73 Å². The number of carbonyl (C=O) groups is 1. The lowest BCUT2D eigenvalue weighted by atomic mass is 10.1. The fourth-order valence-electron chi connectivity index (χ4n) is 2.42. The fourth-order valence-corrected chi connectivity index (χ4v) is 3.52. The molecule has 2 aromatic heterocycles. The number of hydrogen-bond donors (Lipinski definition) is 1. The zero-order valence-corrected chi connectivity index (χ0v) is 13.1. The number of carbonyl (C=O) groups excluding carboxylic acids is 1. The first kappa shape index (κ1) is 13.8. The van der Waals surface area contributed by atoms with Gasteiger partial charge in [0.1, 0.15) is 5.69 Å². The molecule has 0 saturated heterocycles. The molecule has 0 aliphatic heterocycles. The van der Waals surface area contributed by atoms with Crippen LogP contribution in [0.3, 0.4) is 0 Å². The van der Waals surface area contributed by atoms with Gasteiger partial charge >= 0.3 is 0 Å². The molecule has 21 heavy (non-hydrogen) atoms. The molecule has 0 unspecified atom stereocenters. The Bertz CT molecular complexity index is 812. The molecule has 3 aromatic rings. The third-order valence-corrected chi connectivity index (χ3v) is 4.39. The van der Waals surface area contributed by atoms with Gasteiger partial charge in [0.15, 0.2) is 4.96 Å². The van der Waals surface area contributed by atoms with E-state index in [4.69, 9.17) is 5.73 Å². The Kier molecular flexibility index (Phi) is 3.29. The molecule has 0 amide bonds. The molecule has 0 aliphatic carbocycles. The highest BCUT2D eigenvalue weighted by Gasteiger charge is 2.22. The van der Waals surface area contributed by atoms with E-state index in [2.05, 4.69) is 24.2 Å². The van der Waals surface area contributed by atoms with Crippen LogP contribution in [0.4, 0.5) is 5.69 Å². The van der Waals surface area contributed by atoms with Gasteiger partial charge in [-0.3, -0.25) is 9.20 Å². The molecule has 0 saturated carbocycles. The minimum absolute atomic E-state index is 0.0136. The number of thiazole rings is 1. The predicted octanol–water partition coefficient (Wildman–Crippen LogP) is 3.64. The number of fused-ring (bicyclic) bond motifs is 1. The van der Waals surface area contributed by atoms with Crippen molar-refractivity contribution >= 4 is 27.8 Å². The summed E-state index contributed by atoms with van der Waals surface area (Å²) in [6.45, 7) is 6.12. The number of ketones is 1. The Balaban J connectivity index is 2.19. The average molecular weight is 299 g/mol. The van der Waals surface area contributed by atoms with E-state index in [9.17, 15) is 4.79 Å². The molecule has 1 aromatic carbocycles. The SMILES string of the molecule is Cc1nc2scc(C(C)C)n2c1C(=O)c1ccc(N)cc1. The maximum Gasteiger partial charge on any atom is 0.211 e. The Labute approximate surface area is 127 Å². The van der Waals surface area contributed by atoms with Gasteiger partial charge in [0.05, 0.1) is 5.69 Å². The number of benzene rings is 1. The van der Waals surface area contributed by atoms with Crippen LogP contribution in [0.5, 0.6) is 0 Å². The Morgan fingerprint density at radius 2 is 1.95 bits per heavy atom. The molecule has 0 radical (unpaired) electrons. The third-order valence-electron chi connectivity index (χ3n) is 3.54. The van der Waals surface area contributed by atoms with Gasteiger partial charge in [0, 0.05) is 22.3 Å². The van der Waals surface area contributed by atoms with Gasteiger partial charge in [0.2, 0.25) is 5.78 Å². The van der Waals surface area contributed by atoms with Gasteiger partial charge in [0.25, 0.3) is 0 Å². The first-order valence-corrected chi connectivity index (χ1v) is 7.73. The van der Waals surface area contributed by atoms with E-state index < -0.39 is 0 Å². The van der Waals surface area contributed by atoms with E-state index in [0.717, 1.165) is 16.3 Å². The van der Waals surface area contributed by atoms with Crippen LogP contribution < -0.4 is 5.73 Å². The largest absolute Gasteiger partial charge is 0.399 e. The lowest BCUT2D eigenvalue weighted by Crippen LogP contribution is -2.09. The second kappa shape index (κ2) is 5.00. The summed E-state index contributed by atoms with van der Waals surface area (Å²) in [7, 11) is 0. The quantitative estimate of drug-likeness (QED) is 0.593. The topological polar surface area (TPSA) is 60.4 Å². The molecular weight excluding hydrogens is 282 g/mol. The zero-order valence-electron chi connectivity index (χ0n) is 12.3. The predicted molar refractivity (Wildman–Crippen MR) is 86.2 cm³/mol.